The molecule has 0 saturated carbocycles. The number of rotatable bonds is 8. The van der Waals surface area contributed by atoms with Crippen molar-refractivity contribution in [2.75, 3.05) is 0 Å². The summed E-state index contributed by atoms with van der Waals surface area (Å²) in [4.78, 5) is 1.40. The van der Waals surface area contributed by atoms with Crippen molar-refractivity contribution in [2.45, 2.75) is 119 Å². The molecule has 60 heavy (non-hydrogen) atoms. The van der Waals surface area contributed by atoms with Gasteiger partial charge in [-0.15, -0.1) is 11.3 Å². The number of hydrogen-bond acceptors (Lipinski definition) is 2. The van der Waals surface area contributed by atoms with Crippen LogP contribution in [0.1, 0.15) is 174 Å². The van der Waals surface area contributed by atoms with E-state index in [1.165, 1.54) is 119 Å². The van der Waals surface area contributed by atoms with Crippen molar-refractivity contribution in [3.63, 3.8) is 0 Å². The average Bonchev–Trinajstić information content (AvgIpc) is 3.94. The van der Waals surface area contributed by atoms with E-state index in [-0.39, 0.29) is 0 Å². The van der Waals surface area contributed by atoms with Crippen molar-refractivity contribution in [3.8, 4) is 21.8 Å². The highest BCUT2D eigenvalue weighted by atomic mass is 32.1. The van der Waals surface area contributed by atoms with Gasteiger partial charge in [-0.3, -0.25) is 0 Å². The van der Waals surface area contributed by atoms with Crippen molar-refractivity contribution in [1.82, 2.24) is 0 Å². The monoisotopic (exact) mass is 802 g/mol. The first-order valence-corrected chi connectivity index (χ1v) is 23.3. The zero-order valence-corrected chi connectivity index (χ0v) is 38.3. The summed E-state index contributed by atoms with van der Waals surface area (Å²) in [6.07, 6.45) is 0. The largest absolute Gasteiger partial charge is 0.455 e. The third-order valence-electron chi connectivity index (χ3n) is 13.6. The molecule has 1 nitrogen and oxygen atoms in total. The Morgan fingerprint density at radius 1 is 0.417 bits per heavy atom. The van der Waals surface area contributed by atoms with Crippen molar-refractivity contribution in [1.29, 1.82) is 0 Å². The zero-order valence-electron chi connectivity index (χ0n) is 37.5. The summed E-state index contributed by atoms with van der Waals surface area (Å²) in [5.74, 6) is 3.40. The number of fused-ring (bicyclic) bond motifs is 11. The van der Waals surface area contributed by atoms with E-state index in [9.17, 15) is 0 Å². The Morgan fingerprint density at radius 2 is 0.867 bits per heavy atom. The Labute approximate surface area is 360 Å². The first kappa shape index (κ1) is 39.0. The first-order valence-electron chi connectivity index (χ1n) is 22.5. The fraction of sp³-hybridized carbons (Fsp3) is 0.310. The molecule has 0 amide bonds. The Bertz CT molecular complexity index is 2930. The molecule has 2 heteroatoms. The molecular formula is C58H58OS. The van der Waals surface area contributed by atoms with Gasteiger partial charge in [0.1, 0.15) is 11.3 Å². The average molecular weight is 803 g/mol. The molecule has 302 valence electrons. The van der Waals surface area contributed by atoms with Gasteiger partial charge >= 0.3 is 0 Å². The van der Waals surface area contributed by atoms with E-state index in [1.807, 2.05) is 11.3 Å². The molecule has 0 aliphatic heterocycles. The van der Waals surface area contributed by atoms with Gasteiger partial charge in [-0.05, 0) is 143 Å². The van der Waals surface area contributed by atoms with Crippen LogP contribution in [-0.2, 0) is 0 Å². The van der Waals surface area contributed by atoms with Crippen LogP contribution >= 0.6 is 11.3 Å². The summed E-state index contributed by atoms with van der Waals surface area (Å²) in [6, 6.07) is 37.8. The third-order valence-corrected chi connectivity index (χ3v) is 14.8. The van der Waals surface area contributed by atoms with Crippen LogP contribution in [0.4, 0.5) is 0 Å². The van der Waals surface area contributed by atoms with Crippen LogP contribution in [0, 0.1) is 0 Å². The van der Waals surface area contributed by atoms with E-state index < -0.39 is 0 Å². The normalized spacial score (nSPS) is 13.5. The quantitative estimate of drug-likeness (QED) is 0.149. The molecule has 0 spiro atoms. The van der Waals surface area contributed by atoms with E-state index >= 15 is 0 Å². The lowest BCUT2D eigenvalue weighted by atomic mass is 9.80. The highest BCUT2D eigenvalue weighted by Crippen LogP contribution is 2.51. The molecule has 6 aromatic carbocycles. The van der Waals surface area contributed by atoms with Gasteiger partial charge in [-0.25, -0.2) is 0 Å². The maximum absolute atomic E-state index is 6.96. The maximum atomic E-state index is 6.96. The van der Waals surface area contributed by atoms with Crippen LogP contribution in [-0.4, -0.2) is 0 Å². The SMILES string of the molecule is CC(C)c1cc(C(C)C)c(C2=c3cc4cc5c(cc4cc3-c3oc4ccccc4c32)=C(c2c(C(C)C)cc(C(C)C)cc2C(C)C)c2c-5sc3ccccc23)c(C(C)C)c1. The molecule has 2 aliphatic carbocycles. The predicted octanol–water partition coefficient (Wildman–Crippen LogP) is 16.0. The van der Waals surface area contributed by atoms with Gasteiger partial charge in [0.05, 0.1) is 0 Å². The molecule has 0 radical (unpaired) electrons. The molecule has 10 rings (SSSR count). The van der Waals surface area contributed by atoms with Gasteiger partial charge in [-0.1, -0.05) is 144 Å². The van der Waals surface area contributed by atoms with Crippen LogP contribution in [0.5, 0.6) is 0 Å². The summed E-state index contributed by atoms with van der Waals surface area (Å²) >= 11 is 1.96. The molecule has 0 atom stereocenters. The van der Waals surface area contributed by atoms with Crippen molar-refractivity contribution in [3.05, 3.63) is 163 Å². The van der Waals surface area contributed by atoms with Gasteiger partial charge in [0.2, 0.25) is 0 Å². The van der Waals surface area contributed by atoms with Gasteiger partial charge < -0.3 is 4.42 Å². The fourth-order valence-electron chi connectivity index (χ4n) is 10.4. The molecule has 0 N–H and O–H groups in total. The number of hydrogen-bond donors (Lipinski definition) is 0. The summed E-state index contributed by atoms with van der Waals surface area (Å²) in [5, 5.41) is 7.74. The smallest absolute Gasteiger partial charge is 0.143 e. The van der Waals surface area contributed by atoms with Crippen LogP contribution in [0.25, 0.3) is 64.7 Å². The lowest BCUT2D eigenvalue weighted by molar-refractivity contribution is 0.631. The van der Waals surface area contributed by atoms with E-state index in [4.69, 9.17) is 4.42 Å². The van der Waals surface area contributed by atoms with Gasteiger partial charge in [-0.2, -0.15) is 0 Å². The third kappa shape index (κ3) is 5.77. The molecule has 0 bridgehead atoms. The summed E-state index contributed by atoms with van der Waals surface area (Å²) in [5.41, 5.74) is 20.4. The molecule has 2 aromatic heterocycles. The van der Waals surface area contributed by atoms with Crippen LogP contribution in [0.3, 0.4) is 0 Å². The van der Waals surface area contributed by atoms with E-state index in [0.29, 0.717) is 35.5 Å². The Balaban J connectivity index is 1.36. The van der Waals surface area contributed by atoms with Crippen molar-refractivity contribution < 1.29 is 4.42 Å². The highest BCUT2D eigenvalue weighted by molar-refractivity contribution is 7.22. The second-order valence-corrected chi connectivity index (χ2v) is 20.6. The molecular weight excluding hydrogens is 745 g/mol. The van der Waals surface area contributed by atoms with Gasteiger partial charge in [0.25, 0.3) is 0 Å². The Morgan fingerprint density at radius 3 is 1.38 bits per heavy atom. The van der Waals surface area contributed by atoms with Crippen LogP contribution in [0.2, 0.25) is 0 Å². The van der Waals surface area contributed by atoms with Crippen molar-refractivity contribution >= 4 is 54.3 Å². The standard InChI is InChI=1S/C58H58OS/c1-29(2)35-21-41(31(5)6)51(42(22-35)32(7)8)53-45-25-38-28-48-46(26-37(38)27-47(45)57-55(53)39-17-13-15-19-49(39)59-57)54(56-40-18-14-16-20-50(40)60-58(48)56)52-43(33(9)10)23-36(30(3)4)24-44(52)34(11)12/h13-34H,1-12H3. The highest BCUT2D eigenvalue weighted by Gasteiger charge is 2.34. The van der Waals surface area contributed by atoms with Gasteiger partial charge in [0, 0.05) is 48.2 Å². The molecule has 8 aromatic rings. The molecule has 2 aliphatic rings. The second kappa shape index (κ2) is 14.2. The first-order chi connectivity index (χ1) is 28.7. The minimum atomic E-state index is 0.361. The van der Waals surface area contributed by atoms with Crippen LogP contribution < -0.4 is 10.4 Å². The Hall–Kier alpha value is -5.18. The predicted molar refractivity (Wildman–Crippen MR) is 260 cm³/mol. The zero-order chi connectivity index (χ0) is 42.0. The minimum absolute atomic E-state index is 0.361. The molecule has 0 fully saturated rings. The van der Waals surface area contributed by atoms with Crippen LogP contribution in [0.15, 0.2) is 101 Å². The molecule has 0 saturated heterocycles. The summed E-state index contributed by atoms with van der Waals surface area (Å²) in [7, 11) is 0. The van der Waals surface area contributed by atoms with E-state index in [2.05, 4.69) is 180 Å². The van der Waals surface area contributed by atoms with E-state index in [0.717, 1.165) is 11.3 Å². The topological polar surface area (TPSA) is 13.1 Å². The molecule has 2 heterocycles. The lowest BCUT2D eigenvalue weighted by Crippen LogP contribution is -2.14. The van der Waals surface area contributed by atoms with Gasteiger partial charge in [0.15, 0.2) is 0 Å². The second-order valence-electron chi connectivity index (χ2n) is 19.6. The Kier molecular flexibility index (Phi) is 9.23. The van der Waals surface area contributed by atoms with E-state index in [1.54, 1.807) is 0 Å². The fourth-order valence-corrected chi connectivity index (χ4v) is 11.6. The maximum Gasteiger partial charge on any atom is 0.143 e. The lowest BCUT2D eigenvalue weighted by Gasteiger charge is -2.24. The summed E-state index contributed by atoms with van der Waals surface area (Å²) < 4.78 is 8.32. The number of benzene rings is 6. The minimum Gasteiger partial charge on any atom is -0.455 e. The summed E-state index contributed by atoms with van der Waals surface area (Å²) in [6.45, 7) is 28.3. The molecule has 0 unspecified atom stereocenters. The number of para-hydroxylation sites is 1. The number of furan rings is 1. The number of thiophene rings is 1. The van der Waals surface area contributed by atoms with Crippen molar-refractivity contribution in [2.24, 2.45) is 0 Å².